The molecule has 0 N–H and O–H groups in total. The minimum atomic E-state index is -1.20. The van der Waals surface area contributed by atoms with Crippen LogP contribution in [0.15, 0.2) is 58.3 Å². The van der Waals surface area contributed by atoms with Crippen molar-refractivity contribution in [2.45, 2.75) is 65.2 Å². The molecule has 0 atom stereocenters. The predicted octanol–water partition coefficient (Wildman–Crippen LogP) is 4.98. The van der Waals surface area contributed by atoms with Crippen molar-refractivity contribution in [1.82, 2.24) is 0 Å². The van der Waals surface area contributed by atoms with E-state index in [-0.39, 0.29) is 11.1 Å². The standard InChI is InChI=1S/C14H10O4S2.2C8H20N/c15-13(16)9-1-5-11(6-2-9)19-20-12-7-3-10(4-8-12)14(17)18;2*1-5-9(6-2,7-3)8-4/h1-8H,(H,15,16)(H,17,18);2*5-8H2,1-4H3/q;2*+1/p-2. The van der Waals surface area contributed by atoms with Crippen LogP contribution in [0.25, 0.3) is 0 Å². The van der Waals surface area contributed by atoms with Gasteiger partial charge in [0.25, 0.3) is 0 Å². The fourth-order valence-electron chi connectivity index (χ4n) is 4.07. The fourth-order valence-corrected chi connectivity index (χ4v) is 6.00. The molecule has 0 amide bonds. The Hall–Kier alpha value is -2.00. The van der Waals surface area contributed by atoms with Crippen molar-refractivity contribution in [3.63, 3.8) is 0 Å². The maximum atomic E-state index is 10.6. The van der Waals surface area contributed by atoms with E-state index in [9.17, 15) is 19.8 Å². The Kier molecular flexibility index (Phi) is 18.1. The topological polar surface area (TPSA) is 80.3 Å². The van der Waals surface area contributed by atoms with E-state index in [2.05, 4.69) is 55.4 Å². The number of rotatable bonds is 13. The first-order chi connectivity index (χ1) is 18.0. The highest BCUT2D eigenvalue weighted by Crippen LogP contribution is 2.37. The minimum absolute atomic E-state index is 0.137. The Morgan fingerprint density at radius 3 is 0.842 bits per heavy atom. The van der Waals surface area contributed by atoms with Gasteiger partial charge in [0.2, 0.25) is 0 Å². The van der Waals surface area contributed by atoms with Gasteiger partial charge in [0, 0.05) is 9.79 Å². The highest BCUT2D eigenvalue weighted by atomic mass is 33.1. The number of hydrogen-bond acceptors (Lipinski definition) is 6. The van der Waals surface area contributed by atoms with Crippen LogP contribution in [0.5, 0.6) is 0 Å². The SMILES string of the molecule is CC[N+](CC)(CC)CC.CC[N+](CC)(CC)CC.O=C([O-])c1ccc(SSc2ccc(C(=O)[O-])cc2)cc1. The monoisotopic (exact) mass is 564 g/mol. The number of carbonyl (C=O) groups is 2. The summed E-state index contributed by atoms with van der Waals surface area (Å²) in [6, 6.07) is 12.7. The molecular formula is C30H48N2O4S2. The summed E-state index contributed by atoms with van der Waals surface area (Å²) in [5.41, 5.74) is 0.273. The van der Waals surface area contributed by atoms with Crippen LogP contribution in [0, 0.1) is 0 Å². The van der Waals surface area contributed by atoms with Gasteiger partial charge in [0.15, 0.2) is 0 Å². The average molecular weight is 565 g/mol. The smallest absolute Gasteiger partial charge is 0.0757 e. The molecule has 0 aromatic heterocycles. The van der Waals surface area contributed by atoms with E-state index in [0.717, 1.165) is 9.79 Å². The summed E-state index contributed by atoms with van der Waals surface area (Å²) in [6.07, 6.45) is 0. The lowest BCUT2D eigenvalue weighted by molar-refractivity contribution is -0.921. The molecule has 0 bridgehead atoms. The third-order valence-corrected chi connectivity index (χ3v) is 10.2. The van der Waals surface area contributed by atoms with Gasteiger partial charge in [-0.05, 0) is 90.8 Å². The van der Waals surface area contributed by atoms with Crippen LogP contribution >= 0.6 is 21.6 Å². The van der Waals surface area contributed by atoms with Gasteiger partial charge in [-0.15, -0.1) is 0 Å². The molecule has 8 heteroatoms. The Morgan fingerprint density at radius 2 is 0.711 bits per heavy atom. The number of quaternary nitrogens is 2. The van der Waals surface area contributed by atoms with Gasteiger partial charge in [-0.2, -0.15) is 0 Å². The number of nitrogens with zero attached hydrogens (tertiary/aromatic N) is 2. The van der Waals surface area contributed by atoms with E-state index in [4.69, 9.17) is 0 Å². The largest absolute Gasteiger partial charge is 0.545 e. The number of hydrogen-bond donors (Lipinski definition) is 0. The summed E-state index contributed by atoms with van der Waals surface area (Å²) in [4.78, 5) is 23.0. The van der Waals surface area contributed by atoms with E-state index >= 15 is 0 Å². The maximum absolute atomic E-state index is 10.6. The number of aromatic carboxylic acids is 2. The van der Waals surface area contributed by atoms with Crippen LogP contribution in [-0.2, 0) is 0 Å². The molecule has 0 saturated heterocycles. The van der Waals surface area contributed by atoms with Gasteiger partial charge >= 0.3 is 0 Å². The van der Waals surface area contributed by atoms with E-state index in [1.165, 1.54) is 107 Å². The van der Waals surface area contributed by atoms with Gasteiger partial charge in [0.05, 0.1) is 64.3 Å². The zero-order chi connectivity index (χ0) is 29.2. The molecule has 0 spiro atoms. The molecule has 6 nitrogen and oxygen atoms in total. The van der Waals surface area contributed by atoms with Crippen LogP contribution in [0.4, 0.5) is 0 Å². The van der Waals surface area contributed by atoms with Gasteiger partial charge in [-0.25, -0.2) is 0 Å². The van der Waals surface area contributed by atoms with Gasteiger partial charge in [0.1, 0.15) is 0 Å². The van der Waals surface area contributed by atoms with Crippen molar-refractivity contribution < 1.29 is 28.8 Å². The van der Waals surface area contributed by atoms with Crippen LogP contribution in [0.2, 0.25) is 0 Å². The zero-order valence-corrected chi connectivity index (χ0v) is 26.3. The summed E-state index contributed by atoms with van der Waals surface area (Å²) in [5.74, 6) is -2.40. The molecule has 2 rings (SSSR count). The normalized spacial score (nSPS) is 11.1. The molecule has 0 fully saturated rings. The van der Waals surface area contributed by atoms with Crippen LogP contribution in [0.3, 0.4) is 0 Å². The van der Waals surface area contributed by atoms with Crippen molar-refractivity contribution in [2.75, 3.05) is 52.4 Å². The molecule has 0 aliphatic heterocycles. The molecule has 2 aromatic carbocycles. The highest BCUT2D eigenvalue weighted by Gasteiger charge is 2.17. The first kappa shape index (κ1) is 36.0. The molecule has 0 aliphatic rings. The van der Waals surface area contributed by atoms with Crippen LogP contribution in [-0.4, -0.2) is 73.3 Å². The Bertz CT molecular complexity index is 814. The Balaban J connectivity index is 0.000000636. The lowest BCUT2D eigenvalue weighted by Gasteiger charge is -2.34. The first-order valence-electron chi connectivity index (χ1n) is 13.7. The number of carboxylic acids is 2. The highest BCUT2D eigenvalue weighted by molar-refractivity contribution is 8.76. The van der Waals surface area contributed by atoms with Crippen LogP contribution in [0.1, 0.15) is 76.1 Å². The lowest BCUT2D eigenvalue weighted by atomic mass is 10.2. The first-order valence-corrected chi connectivity index (χ1v) is 15.9. The quantitative estimate of drug-likeness (QED) is 0.252. The molecule has 0 unspecified atom stereocenters. The summed E-state index contributed by atoms with van der Waals surface area (Å²) < 4.78 is 2.56. The van der Waals surface area contributed by atoms with E-state index in [1.807, 2.05) is 0 Å². The minimum Gasteiger partial charge on any atom is -0.545 e. The molecule has 214 valence electrons. The fraction of sp³-hybridized carbons (Fsp3) is 0.533. The van der Waals surface area contributed by atoms with Crippen molar-refractivity contribution in [2.24, 2.45) is 0 Å². The van der Waals surface area contributed by atoms with Gasteiger partial charge in [-0.1, -0.05) is 45.9 Å². The Morgan fingerprint density at radius 1 is 0.500 bits per heavy atom. The predicted molar refractivity (Wildman–Crippen MR) is 158 cm³/mol. The summed E-state index contributed by atoms with van der Waals surface area (Å²) in [6.45, 7) is 28.4. The second-order valence-electron chi connectivity index (χ2n) is 9.00. The Labute approximate surface area is 239 Å². The van der Waals surface area contributed by atoms with Crippen molar-refractivity contribution in [3.05, 3.63) is 59.7 Å². The van der Waals surface area contributed by atoms with Crippen molar-refractivity contribution >= 4 is 33.5 Å². The maximum Gasteiger partial charge on any atom is 0.0757 e. The van der Waals surface area contributed by atoms with E-state index in [1.54, 1.807) is 24.3 Å². The molecule has 0 radical (unpaired) electrons. The van der Waals surface area contributed by atoms with E-state index in [0.29, 0.717) is 0 Å². The zero-order valence-electron chi connectivity index (χ0n) is 24.6. The summed E-state index contributed by atoms with van der Waals surface area (Å²) >= 11 is 0. The molecule has 0 heterocycles. The number of benzene rings is 2. The summed E-state index contributed by atoms with van der Waals surface area (Å²) in [7, 11) is 2.90. The average Bonchev–Trinajstić information content (AvgIpc) is 2.96. The van der Waals surface area contributed by atoms with Crippen molar-refractivity contribution in [3.8, 4) is 0 Å². The van der Waals surface area contributed by atoms with E-state index < -0.39 is 11.9 Å². The third-order valence-electron chi connectivity index (χ3n) is 7.78. The van der Waals surface area contributed by atoms with Crippen molar-refractivity contribution in [1.29, 1.82) is 0 Å². The van der Waals surface area contributed by atoms with Gasteiger partial charge in [-0.3, -0.25) is 0 Å². The van der Waals surface area contributed by atoms with Crippen LogP contribution < -0.4 is 10.2 Å². The molecule has 38 heavy (non-hydrogen) atoms. The molecular weight excluding hydrogens is 516 g/mol. The third kappa shape index (κ3) is 12.2. The molecule has 2 aromatic rings. The molecule has 0 saturated carbocycles. The lowest BCUT2D eigenvalue weighted by Crippen LogP contribution is -2.47. The summed E-state index contributed by atoms with van der Waals surface area (Å²) in [5, 5.41) is 21.2. The number of carbonyl (C=O) groups excluding carboxylic acids is 2. The van der Waals surface area contributed by atoms with Gasteiger partial charge < -0.3 is 28.8 Å². The second kappa shape index (κ2) is 19.1. The molecule has 0 aliphatic carbocycles. The second-order valence-corrected chi connectivity index (χ2v) is 11.3. The number of carboxylic acid groups (broad SMARTS) is 2.